The quantitative estimate of drug-likeness (QED) is 0.857. The van der Waals surface area contributed by atoms with Gasteiger partial charge in [-0.25, -0.2) is 0 Å². The number of carbonyl (C=O) groups excluding carboxylic acids is 1. The molecule has 0 aromatic heterocycles. The van der Waals surface area contributed by atoms with Crippen molar-refractivity contribution >= 4 is 5.91 Å². The number of nitrogens with zero attached hydrogens (tertiary/aromatic N) is 1. The first-order chi connectivity index (χ1) is 13.2. The number of hydrogen-bond acceptors (Lipinski definition) is 4. The van der Waals surface area contributed by atoms with Gasteiger partial charge < -0.3 is 15.4 Å². The molecule has 1 saturated carbocycles. The van der Waals surface area contributed by atoms with Crippen molar-refractivity contribution in [3.63, 3.8) is 0 Å². The second kappa shape index (κ2) is 7.81. The third-order valence-corrected chi connectivity index (χ3v) is 5.44. The highest BCUT2D eigenvalue weighted by Crippen LogP contribution is 2.27. The Labute approximate surface area is 159 Å². The van der Waals surface area contributed by atoms with Crippen LogP contribution >= 0.6 is 0 Å². The summed E-state index contributed by atoms with van der Waals surface area (Å²) in [6.45, 7) is 1.24. The van der Waals surface area contributed by atoms with E-state index >= 15 is 0 Å². The molecule has 2 aromatic carbocycles. The van der Waals surface area contributed by atoms with Crippen molar-refractivity contribution in [2.45, 2.75) is 50.9 Å². The molecule has 5 nitrogen and oxygen atoms in total. The van der Waals surface area contributed by atoms with Crippen LogP contribution in [0.25, 0.3) is 0 Å². The molecule has 0 bridgehead atoms. The van der Waals surface area contributed by atoms with Crippen molar-refractivity contribution in [2.24, 2.45) is 0 Å². The van der Waals surface area contributed by atoms with Crippen LogP contribution < -0.4 is 15.4 Å². The molecule has 2 aliphatic rings. The first-order valence-corrected chi connectivity index (χ1v) is 9.54. The van der Waals surface area contributed by atoms with Gasteiger partial charge in [-0.1, -0.05) is 24.6 Å². The number of benzene rings is 2. The largest absolute Gasteiger partial charge is 0.489 e. The first kappa shape index (κ1) is 17.6. The number of carbonyl (C=O) groups is 1. The summed E-state index contributed by atoms with van der Waals surface area (Å²) in [6, 6.07) is 15.9. The molecule has 2 atom stereocenters. The van der Waals surface area contributed by atoms with E-state index in [0.717, 1.165) is 41.7 Å². The number of nitrogens with one attached hydrogen (secondary N) is 2. The number of ether oxygens (including phenoxy) is 1. The molecule has 0 spiro atoms. The molecular formula is C22H23N3O2. The standard InChI is InChI=1S/C22H23N3O2/c23-12-15-5-1-2-6-16(15)13-24-20-7-3-4-8-21(20)27-18-9-10-19-17(11-18)14-25-22(19)26/h1-2,5-6,9-11,20-21,24H,3-4,7-8,13-14H2,(H,25,26)/t20-,21+/m1/s1. The molecular weight excluding hydrogens is 338 g/mol. The Bertz CT molecular complexity index is 887. The highest BCUT2D eigenvalue weighted by molar-refractivity contribution is 5.98. The SMILES string of the molecule is N#Cc1ccccc1CN[C@@H]1CCCC[C@@H]1Oc1ccc2c(c1)CNC2=O. The number of nitriles is 1. The topological polar surface area (TPSA) is 74.2 Å². The Kier molecular flexibility index (Phi) is 5.08. The zero-order valence-electron chi connectivity index (χ0n) is 15.2. The molecule has 1 fully saturated rings. The number of rotatable bonds is 5. The van der Waals surface area contributed by atoms with Crippen LogP contribution in [0.4, 0.5) is 0 Å². The molecule has 138 valence electrons. The monoisotopic (exact) mass is 361 g/mol. The molecule has 0 saturated heterocycles. The van der Waals surface area contributed by atoms with Gasteiger partial charge in [-0.05, 0) is 54.7 Å². The van der Waals surface area contributed by atoms with Crippen LogP contribution in [-0.2, 0) is 13.1 Å². The van der Waals surface area contributed by atoms with Crippen molar-refractivity contribution in [1.29, 1.82) is 5.26 Å². The predicted octanol–water partition coefficient (Wildman–Crippen LogP) is 3.28. The van der Waals surface area contributed by atoms with Crippen LogP contribution in [-0.4, -0.2) is 18.1 Å². The number of amides is 1. The third kappa shape index (κ3) is 3.81. The van der Waals surface area contributed by atoms with Crippen LogP contribution in [0, 0.1) is 11.3 Å². The van der Waals surface area contributed by atoms with Crippen molar-refractivity contribution in [3.8, 4) is 11.8 Å². The molecule has 4 rings (SSSR count). The van der Waals surface area contributed by atoms with E-state index in [4.69, 9.17) is 4.74 Å². The molecule has 5 heteroatoms. The summed E-state index contributed by atoms with van der Waals surface area (Å²) in [6.07, 6.45) is 4.50. The molecule has 1 aliphatic carbocycles. The molecule has 2 aromatic rings. The Morgan fingerprint density at radius 3 is 2.93 bits per heavy atom. The van der Waals surface area contributed by atoms with Gasteiger partial charge in [0.25, 0.3) is 5.91 Å². The zero-order chi connectivity index (χ0) is 18.6. The summed E-state index contributed by atoms with van der Waals surface area (Å²) in [5.41, 5.74) is 3.48. The van der Waals surface area contributed by atoms with E-state index in [1.54, 1.807) is 0 Å². The van der Waals surface area contributed by atoms with Crippen molar-refractivity contribution in [3.05, 3.63) is 64.7 Å². The first-order valence-electron chi connectivity index (χ1n) is 9.54. The summed E-state index contributed by atoms with van der Waals surface area (Å²) >= 11 is 0. The summed E-state index contributed by atoms with van der Waals surface area (Å²) in [7, 11) is 0. The lowest BCUT2D eigenvalue weighted by atomic mass is 9.92. The van der Waals surface area contributed by atoms with E-state index in [1.807, 2.05) is 42.5 Å². The molecule has 1 aliphatic heterocycles. The van der Waals surface area contributed by atoms with E-state index in [9.17, 15) is 10.1 Å². The van der Waals surface area contributed by atoms with Crippen LogP contribution in [0.3, 0.4) is 0 Å². The molecule has 27 heavy (non-hydrogen) atoms. The number of hydrogen-bond donors (Lipinski definition) is 2. The Morgan fingerprint density at radius 1 is 1.19 bits per heavy atom. The van der Waals surface area contributed by atoms with Gasteiger partial charge in [-0.2, -0.15) is 5.26 Å². The maximum Gasteiger partial charge on any atom is 0.251 e. The Balaban J connectivity index is 1.43. The minimum atomic E-state index is -0.00934. The van der Waals surface area contributed by atoms with E-state index in [0.29, 0.717) is 18.7 Å². The van der Waals surface area contributed by atoms with Gasteiger partial charge in [0.1, 0.15) is 11.9 Å². The summed E-state index contributed by atoms with van der Waals surface area (Å²) in [4.78, 5) is 11.7. The zero-order valence-corrected chi connectivity index (χ0v) is 15.2. The van der Waals surface area contributed by atoms with Gasteiger partial charge in [0.2, 0.25) is 0 Å². The summed E-state index contributed by atoms with van der Waals surface area (Å²) in [5, 5.41) is 15.7. The lowest BCUT2D eigenvalue weighted by molar-refractivity contribution is 0.0965. The maximum atomic E-state index is 11.7. The minimum Gasteiger partial charge on any atom is -0.489 e. The fourth-order valence-corrected chi connectivity index (χ4v) is 3.95. The van der Waals surface area contributed by atoms with Crippen molar-refractivity contribution in [1.82, 2.24) is 10.6 Å². The van der Waals surface area contributed by atoms with Gasteiger partial charge in [-0.3, -0.25) is 4.79 Å². The van der Waals surface area contributed by atoms with Crippen molar-refractivity contribution < 1.29 is 9.53 Å². The van der Waals surface area contributed by atoms with Crippen LogP contribution in [0.2, 0.25) is 0 Å². The molecule has 0 unspecified atom stereocenters. The second-order valence-electron chi connectivity index (χ2n) is 7.20. The van der Waals surface area contributed by atoms with Crippen molar-refractivity contribution in [2.75, 3.05) is 0 Å². The number of fused-ring (bicyclic) bond motifs is 1. The fraction of sp³-hybridized carbons (Fsp3) is 0.364. The Morgan fingerprint density at radius 2 is 2.04 bits per heavy atom. The highest BCUT2D eigenvalue weighted by Gasteiger charge is 2.27. The normalized spacial score (nSPS) is 21.2. The van der Waals surface area contributed by atoms with Gasteiger partial charge >= 0.3 is 0 Å². The molecule has 1 heterocycles. The molecule has 1 amide bonds. The lowest BCUT2D eigenvalue weighted by Gasteiger charge is -2.33. The van der Waals surface area contributed by atoms with Crippen LogP contribution in [0.15, 0.2) is 42.5 Å². The lowest BCUT2D eigenvalue weighted by Crippen LogP contribution is -2.45. The summed E-state index contributed by atoms with van der Waals surface area (Å²) in [5.74, 6) is 0.811. The smallest absolute Gasteiger partial charge is 0.251 e. The predicted molar refractivity (Wildman–Crippen MR) is 102 cm³/mol. The van der Waals surface area contributed by atoms with E-state index < -0.39 is 0 Å². The maximum absolute atomic E-state index is 11.7. The minimum absolute atomic E-state index is 0.00934. The van der Waals surface area contributed by atoms with Gasteiger partial charge in [-0.15, -0.1) is 0 Å². The van der Waals surface area contributed by atoms with Crippen LogP contribution in [0.1, 0.15) is 52.7 Å². The average Bonchev–Trinajstić information content (AvgIpc) is 3.08. The van der Waals surface area contributed by atoms with Gasteiger partial charge in [0.15, 0.2) is 0 Å². The van der Waals surface area contributed by atoms with Gasteiger partial charge in [0, 0.05) is 24.7 Å². The molecule has 0 radical (unpaired) electrons. The van der Waals surface area contributed by atoms with E-state index in [1.165, 1.54) is 6.42 Å². The van der Waals surface area contributed by atoms with Crippen LogP contribution in [0.5, 0.6) is 5.75 Å². The average molecular weight is 361 g/mol. The van der Waals surface area contributed by atoms with E-state index in [2.05, 4.69) is 16.7 Å². The third-order valence-electron chi connectivity index (χ3n) is 5.44. The van der Waals surface area contributed by atoms with Gasteiger partial charge in [0.05, 0.1) is 11.6 Å². The fourth-order valence-electron chi connectivity index (χ4n) is 3.95. The Hall–Kier alpha value is -2.84. The molecule has 2 N–H and O–H groups in total. The summed E-state index contributed by atoms with van der Waals surface area (Å²) < 4.78 is 6.31. The van der Waals surface area contributed by atoms with E-state index in [-0.39, 0.29) is 18.1 Å². The second-order valence-corrected chi connectivity index (χ2v) is 7.20. The highest BCUT2D eigenvalue weighted by atomic mass is 16.5.